The largest absolute Gasteiger partial charge is 0.497 e. The van der Waals surface area contributed by atoms with E-state index in [-0.39, 0.29) is 5.95 Å². The molecule has 2 N–H and O–H groups in total. The molecule has 8 nitrogen and oxygen atoms in total. The molecule has 1 aromatic carbocycles. The van der Waals surface area contributed by atoms with Crippen molar-refractivity contribution in [3.05, 3.63) is 53.5 Å². The summed E-state index contributed by atoms with van der Waals surface area (Å²) in [6.45, 7) is 2.16. The van der Waals surface area contributed by atoms with Crippen LogP contribution in [0.2, 0.25) is 0 Å². The predicted molar refractivity (Wildman–Crippen MR) is 100.0 cm³/mol. The van der Waals surface area contributed by atoms with Crippen LogP contribution in [-0.2, 0) is 19.6 Å². The third-order valence-electron chi connectivity index (χ3n) is 4.50. The zero-order valence-corrected chi connectivity index (χ0v) is 15.2. The smallest absolute Gasteiger partial charge is 0.316 e. The lowest BCUT2D eigenvalue weighted by atomic mass is 10.1. The van der Waals surface area contributed by atoms with Crippen molar-refractivity contribution in [3.63, 3.8) is 0 Å². The van der Waals surface area contributed by atoms with Gasteiger partial charge in [0, 0.05) is 48.7 Å². The molecule has 0 saturated heterocycles. The summed E-state index contributed by atoms with van der Waals surface area (Å²) < 4.78 is 10.2. The first kappa shape index (κ1) is 17.2. The van der Waals surface area contributed by atoms with Gasteiger partial charge in [-0.05, 0) is 24.3 Å². The van der Waals surface area contributed by atoms with E-state index in [1.54, 1.807) is 26.6 Å². The molecule has 27 heavy (non-hydrogen) atoms. The van der Waals surface area contributed by atoms with E-state index in [9.17, 15) is 0 Å². The van der Waals surface area contributed by atoms with Crippen LogP contribution in [0.5, 0.6) is 11.8 Å². The lowest BCUT2D eigenvalue weighted by Crippen LogP contribution is -2.16. The highest BCUT2D eigenvalue weighted by molar-refractivity contribution is 5.66. The van der Waals surface area contributed by atoms with E-state index in [0.717, 1.165) is 40.4 Å². The number of anilines is 1. The van der Waals surface area contributed by atoms with Crippen molar-refractivity contribution >= 4 is 5.95 Å². The number of hydrogen-bond donors (Lipinski definition) is 1. The third kappa shape index (κ3) is 3.52. The summed E-state index contributed by atoms with van der Waals surface area (Å²) in [6.07, 6.45) is 3.55. The van der Waals surface area contributed by atoms with Crippen molar-refractivity contribution in [2.24, 2.45) is 0 Å². The van der Waals surface area contributed by atoms with E-state index in [0.29, 0.717) is 19.1 Å². The van der Waals surface area contributed by atoms with Gasteiger partial charge < -0.3 is 15.2 Å². The summed E-state index contributed by atoms with van der Waals surface area (Å²) in [4.78, 5) is 19.5. The zero-order valence-electron chi connectivity index (χ0n) is 15.2. The minimum absolute atomic E-state index is 0.286. The van der Waals surface area contributed by atoms with Crippen LogP contribution in [0, 0.1) is 0 Å². The van der Waals surface area contributed by atoms with Gasteiger partial charge in [0.15, 0.2) is 0 Å². The third-order valence-corrected chi connectivity index (χ3v) is 4.50. The molecule has 0 amide bonds. The Hall–Kier alpha value is -3.26. The van der Waals surface area contributed by atoms with Gasteiger partial charge in [-0.3, -0.25) is 4.90 Å². The average Bonchev–Trinajstić information content (AvgIpc) is 3.10. The summed E-state index contributed by atoms with van der Waals surface area (Å²) in [5.74, 6) is 1.09. The van der Waals surface area contributed by atoms with Gasteiger partial charge in [-0.15, -0.1) is 0 Å². The number of hydrogen-bond acceptors (Lipinski definition) is 8. The van der Waals surface area contributed by atoms with Crippen LogP contribution in [0.3, 0.4) is 0 Å². The molecule has 0 spiro atoms. The molecular weight excluding hydrogens is 344 g/mol. The Labute approximate surface area is 157 Å². The molecule has 2 aromatic heterocycles. The van der Waals surface area contributed by atoms with Gasteiger partial charge in [-0.2, -0.15) is 0 Å². The van der Waals surface area contributed by atoms with E-state index in [2.05, 4.69) is 24.8 Å². The number of aromatic nitrogens is 4. The van der Waals surface area contributed by atoms with Gasteiger partial charge >= 0.3 is 6.01 Å². The Morgan fingerprint density at radius 3 is 2.41 bits per heavy atom. The zero-order chi connectivity index (χ0) is 18.8. The number of ether oxygens (including phenoxy) is 2. The standard InChI is InChI=1S/C19H20N6O2/c1-26-14-5-3-13(4-6-14)17-15-10-25(11-16(15)23-18(20)24-17)9-12-7-21-19(27-2)22-8-12/h3-8H,9-11H2,1-2H3,(H2,20,23,24). The first-order valence-electron chi connectivity index (χ1n) is 8.53. The molecule has 0 saturated carbocycles. The van der Waals surface area contributed by atoms with Gasteiger partial charge in [-0.25, -0.2) is 19.9 Å². The maximum absolute atomic E-state index is 5.96. The maximum Gasteiger partial charge on any atom is 0.316 e. The van der Waals surface area contributed by atoms with Crippen LogP contribution < -0.4 is 15.2 Å². The highest BCUT2D eigenvalue weighted by Gasteiger charge is 2.25. The van der Waals surface area contributed by atoms with Crippen LogP contribution in [0.1, 0.15) is 16.8 Å². The highest BCUT2D eigenvalue weighted by atomic mass is 16.5. The van der Waals surface area contributed by atoms with Crippen molar-refractivity contribution in [1.29, 1.82) is 0 Å². The van der Waals surface area contributed by atoms with E-state index < -0.39 is 0 Å². The molecule has 0 bridgehead atoms. The summed E-state index contributed by atoms with van der Waals surface area (Å²) >= 11 is 0. The molecular formula is C19H20N6O2. The molecule has 3 heterocycles. The Balaban J connectivity index is 1.59. The molecule has 0 fully saturated rings. The molecule has 8 heteroatoms. The minimum atomic E-state index is 0.286. The first-order chi connectivity index (χ1) is 13.2. The quantitative estimate of drug-likeness (QED) is 0.734. The number of fused-ring (bicyclic) bond motifs is 1. The van der Waals surface area contributed by atoms with Crippen molar-refractivity contribution < 1.29 is 9.47 Å². The Bertz CT molecular complexity index is 944. The van der Waals surface area contributed by atoms with Crippen molar-refractivity contribution in [3.8, 4) is 23.0 Å². The fourth-order valence-corrected chi connectivity index (χ4v) is 3.23. The second-order valence-electron chi connectivity index (χ2n) is 6.31. The fraction of sp³-hybridized carbons (Fsp3) is 0.263. The van der Waals surface area contributed by atoms with Gasteiger partial charge in [0.1, 0.15) is 5.75 Å². The summed E-state index contributed by atoms with van der Waals surface area (Å²) in [6, 6.07) is 8.17. The second kappa shape index (κ2) is 7.16. The monoisotopic (exact) mass is 364 g/mol. The molecule has 138 valence electrons. The molecule has 0 unspecified atom stereocenters. The molecule has 0 aliphatic carbocycles. The van der Waals surface area contributed by atoms with Crippen LogP contribution in [0.4, 0.5) is 5.95 Å². The topological polar surface area (TPSA) is 99.3 Å². The van der Waals surface area contributed by atoms with Gasteiger partial charge in [-0.1, -0.05) is 0 Å². The molecule has 0 atom stereocenters. The van der Waals surface area contributed by atoms with Crippen LogP contribution >= 0.6 is 0 Å². The van der Waals surface area contributed by atoms with Crippen molar-refractivity contribution in [2.45, 2.75) is 19.6 Å². The molecule has 1 aliphatic heterocycles. The highest BCUT2D eigenvalue weighted by Crippen LogP contribution is 2.32. The first-order valence-corrected chi connectivity index (χ1v) is 8.53. The number of nitrogens with zero attached hydrogens (tertiary/aromatic N) is 5. The predicted octanol–water partition coefficient (Wildman–Crippen LogP) is 2.05. The summed E-state index contributed by atoms with van der Waals surface area (Å²) in [5.41, 5.74) is 10.9. The van der Waals surface area contributed by atoms with E-state index in [1.807, 2.05) is 24.3 Å². The van der Waals surface area contributed by atoms with E-state index in [4.69, 9.17) is 15.2 Å². The van der Waals surface area contributed by atoms with E-state index >= 15 is 0 Å². The normalized spacial score (nSPS) is 13.4. The summed E-state index contributed by atoms with van der Waals surface area (Å²) in [5, 5.41) is 0. The summed E-state index contributed by atoms with van der Waals surface area (Å²) in [7, 11) is 3.20. The lowest BCUT2D eigenvalue weighted by molar-refractivity contribution is 0.273. The molecule has 3 aromatic rings. The fourth-order valence-electron chi connectivity index (χ4n) is 3.23. The van der Waals surface area contributed by atoms with Gasteiger partial charge in [0.05, 0.1) is 25.6 Å². The Kier molecular flexibility index (Phi) is 4.55. The second-order valence-corrected chi connectivity index (χ2v) is 6.31. The Morgan fingerprint density at radius 1 is 1.00 bits per heavy atom. The van der Waals surface area contributed by atoms with Crippen molar-refractivity contribution in [2.75, 3.05) is 20.0 Å². The van der Waals surface area contributed by atoms with Gasteiger partial charge in [0.2, 0.25) is 5.95 Å². The Morgan fingerprint density at radius 2 is 1.74 bits per heavy atom. The van der Waals surface area contributed by atoms with Crippen LogP contribution in [-0.4, -0.2) is 39.1 Å². The molecule has 4 rings (SSSR count). The van der Waals surface area contributed by atoms with E-state index in [1.165, 1.54) is 0 Å². The number of nitrogens with two attached hydrogens (primary N) is 1. The molecule has 0 radical (unpaired) electrons. The molecule has 1 aliphatic rings. The van der Waals surface area contributed by atoms with Crippen molar-refractivity contribution in [1.82, 2.24) is 24.8 Å². The lowest BCUT2D eigenvalue weighted by Gasteiger charge is -2.14. The number of methoxy groups -OCH3 is 2. The van der Waals surface area contributed by atoms with Crippen LogP contribution in [0.25, 0.3) is 11.3 Å². The maximum atomic E-state index is 5.96. The number of benzene rings is 1. The number of nitrogen functional groups attached to an aromatic ring is 1. The average molecular weight is 364 g/mol. The number of rotatable bonds is 5. The minimum Gasteiger partial charge on any atom is -0.497 e. The van der Waals surface area contributed by atoms with Crippen LogP contribution in [0.15, 0.2) is 36.7 Å². The van der Waals surface area contributed by atoms with Gasteiger partial charge in [0.25, 0.3) is 0 Å². The SMILES string of the molecule is COc1ccc(-c2nc(N)nc3c2CN(Cc2cnc(OC)nc2)C3)cc1.